The number of carbonyl (C=O) groups excluding carboxylic acids is 1. The van der Waals surface area contributed by atoms with E-state index in [1.165, 1.54) is 12.1 Å². The van der Waals surface area contributed by atoms with Crippen LogP contribution in [0.4, 0.5) is 9.18 Å². The standard InChI is InChI=1S/C31H28FN5O/c1-22-27-21-36(31(38)33-18-17-23-10-4-2-5-11-23)29(24-12-8-13-25(32)20-24)28-16-9-19-35(28)30(27)37(34-22)26-14-6-3-7-15-26/h2-16,19-20,29H,17-18,21H2,1H3,(H,33,38)/t29-/m0/s1. The minimum Gasteiger partial charge on any atom is -0.338 e. The number of aryl methyl sites for hydroxylation is 1. The molecule has 190 valence electrons. The van der Waals surface area contributed by atoms with Crippen molar-refractivity contribution in [3.05, 3.63) is 137 Å². The third-order valence-electron chi connectivity index (χ3n) is 7.04. The lowest BCUT2D eigenvalue weighted by molar-refractivity contribution is 0.180. The van der Waals surface area contributed by atoms with Gasteiger partial charge >= 0.3 is 6.03 Å². The van der Waals surface area contributed by atoms with Crippen LogP contribution in [0.1, 0.15) is 34.1 Å². The number of hydrogen-bond donors (Lipinski definition) is 1. The van der Waals surface area contributed by atoms with Crippen LogP contribution in [0.2, 0.25) is 0 Å². The summed E-state index contributed by atoms with van der Waals surface area (Å²) in [6.07, 6.45) is 2.70. The Labute approximate surface area is 221 Å². The summed E-state index contributed by atoms with van der Waals surface area (Å²) >= 11 is 0. The molecule has 0 aliphatic carbocycles. The number of nitrogens with one attached hydrogen (secondary N) is 1. The number of fused-ring (bicyclic) bond motifs is 3. The molecule has 0 bridgehead atoms. The van der Waals surface area contributed by atoms with Crippen molar-refractivity contribution in [1.82, 2.24) is 24.6 Å². The van der Waals surface area contributed by atoms with Gasteiger partial charge in [0.25, 0.3) is 0 Å². The molecule has 38 heavy (non-hydrogen) atoms. The van der Waals surface area contributed by atoms with E-state index in [2.05, 4.69) is 9.88 Å². The molecule has 1 N–H and O–H groups in total. The summed E-state index contributed by atoms with van der Waals surface area (Å²) < 4.78 is 18.5. The molecule has 1 atom stereocenters. The molecule has 0 saturated heterocycles. The normalized spacial score (nSPS) is 14.5. The van der Waals surface area contributed by atoms with Gasteiger partial charge in [-0.05, 0) is 60.9 Å². The molecule has 1 aliphatic rings. The first-order valence-electron chi connectivity index (χ1n) is 12.8. The zero-order valence-electron chi connectivity index (χ0n) is 21.1. The van der Waals surface area contributed by atoms with Gasteiger partial charge in [0.15, 0.2) is 0 Å². The van der Waals surface area contributed by atoms with Crippen molar-refractivity contribution in [1.29, 1.82) is 0 Å². The fourth-order valence-corrected chi connectivity index (χ4v) is 5.24. The highest BCUT2D eigenvalue weighted by atomic mass is 19.1. The second-order valence-corrected chi connectivity index (χ2v) is 9.49. The molecule has 2 amide bonds. The third-order valence-corrected chi connectivity index (χ3v) is 7.04. The summed E-state index contributed by atoms with van der Waals surface area (Å²) in [7, 11) is 0. The summed E-state index contributed by atoms with van der Waals surface area (Å²) in [6.45, 7) is 2.79. The molecule has 0 unspecified atom stereocenters. The largest absolute Gasteiger partial charge is 0.338 e. The predicted octanol–water partition coefficient (Wildman–Crippen LogP) is 5.97. The second kappa shape index (κ2) is 10.0. The van der Waals surface area contributed by atoms with Gasteiger partial charge in [0.1, 0.15) is 11.6 Å². The maximum Gasteiger partial charge on any atom is 0.318 e. The fourth-order valence-electron chi connectivity index (χ4n) is 5.24. The van der Waals surface area contributed by atoms with Crippen LogP contribution < -0.4 is 5.32 Å². The van der Waals surface area contributed by atoms with Crippen molar-refractivity contribution < 1.29 is 9.18 Å². The van der Waals surface area contributed by atoms with E-state index in [1.54, 1.807) is 11.0 Å². The van der Waals surface area contributed by atoms with E-state index in [9.17, 15) is 9.18 Å². The van der Waals surface area contributed by atoms with E-state index in [4.69, 9.17) is 5.10 Å². The van der Waals surface area contributed by atoms with Crippen LogP contribution in [-0.4, -0.2) is 31.8 Å². The number of para-hydroxylation sites is 1. The van der Waals surface area contributed by atoms with Gasteiger partial charge in [-0.15, -0.1) is 0 Å². The van der Waals surface area contributed by atoms with Crippen LogP contribution in [0.25, 0.3) is 11.5 Å². The molecule has 3 aromatic carbocycles. The lowest BCUT2D eigenvalue weighted by Gasteiger charge is -2.31. The fraction of sp³-hybridized carbons (Fsp3) is 0.161. The lowest BCUT2D eigenvalue weighted by atomic mass is 10.0. The average molecular weight is 506 g/mol. The monoisotopic (exact) mass is 505 g/mol. The summed E-state index contributed by atoms with van der Waals surface area (Å²) in [5.74, 6) is 0.549. The van der Waals surface area contributed by atoms with Gasteiger partial charge in [0, 0.05) is 18.3 Å². The molecular formula is C31H28FN5O. The Morgan fingerprint density at radius 1 is 0.974 bits per heavy atom. The number of urea groups is 1. The van der Waals surface area contributed by atoms with Crippen molar-refractivity contribution >= 4 is 6.03 Å². The summed E-state index contributed by atoms with van der Waals surface area (Å²) in [6, 6.07) is 29.8. The molecule has 2 aromatic heterocycles. The molecule has 5 aromatic rings. The SMILES string of the molecule is Cc1nn(-c2ccccc2)c2c1CN(C(=O)NCCc1ccccc1)[C@@H](c1cccc(F)c1)c1cccn1-2. The number of carbonyl (C=O) groups is 1. The van der Waals surface area contributed by atoms with E-state index < -0.39 is 6.04 Å². The third kappa shape index (κ3) is 4.36. The lowest BCUT2D eigenvalue weighted by Crippen LogP contribution is -2.42. The zero-order valence-corrected chi connectivity index (χ0v) is 21.1. The van der Waals surface area contributed by atoms with Crippen LogP contribution in [0.5, 0.6) is 0 Å². The number of halogens is 1. The Kier molecular flexibility index (Phi) is 6.25. The summed E-state index contributed by atoms with van der Waals surface area (Å²) in [5.41, 5.74) is 5.45. The Morgan fingerprint density at radius 2 is 1.74 bits per heavy atom. The summed E-state index contributed by atoms with van der Waals surface area (Å²) in [4.78, 5) is 15.6. The number of hydrogen-bond acceptors (Lipinski definition) is 2. The zero-order chi connectivity index (χ0) is 26.1. The molecule has 0 saturated carbocycles. The molecule has 0 spiro atoms. The van der Waals surface area contributed by atoms with Crippen LogP contribution in [0, 0.1) is 12.7 Å². The Balaban J connectivity index is 1.44. The molecule has 6 rings (SSSR count). The van der Waals surface area contributed by atoms with Crippen LogP contribution >= 0.6 is 0 Å². The number of nitrogens with zero attached hydrogens (tertiary/aromatic N) is 4. The van der Waals surface area contributed by atoms with Crippen molar-refractivity contribution in [2.24, 2.45) is 0 Å². The van der Waals surface area contributed by atoms with E-state index >= 15 is 0 Å². The maximum atomic E-state index is 14.5. The van der Waals surface area contributed by atoms with E-state index in [-0.39, 0.29) is 11.8 Å². The van der Waals surface area contributed by atoms with Crippen molar-refractivity contribution in [3.8, 4) is 11.5 Å². The van der Waals surface area contributed by atoms with E-state index in [0.29, 0.717) is 18.7 Å². The van der Waals surface area contributed by atoms with Gasteiger partial charge in [-0.3, -0.25) is 0 Å². The minimum atomic E-state index is -0.492. The highest BCUT2D eigenvalue weighted by Gasteiger charge is 2.36. The summed E-state index contributed by atoms with van der Waals surface area (Å²) in [5, 5.41) is 7.98. The molecule has 6 nitrogen and oxygen atoms in total. The molecule has 0 radical (unpaired) electrons. The highest BCUT2D eigenvalue weighted by Crippen LogP contribution is 2.38. The molecule has 0 fully saturated rings. The van der Waals surface area contributed by atoms with E-state index in [1.807, 2.05) is 96.7 Å². The van der Waals surface area contributed by atoms with Gasteiger partial charge in [0.05, 0.1) is 29.7 Å². The first kappa shape index (κ1) is 23.7. The minimum absolute atomic E-state index is 0.206. The predicted molar refractivity (Wildman–Crippen MR) is 145 cm³/mol. The Bertz CT molecular complexity index is 1570. The number of amides is 2. The highest BCUT2D eigenvalue weighted by molar-refractivity contribution is 5.76. The van der Waals surface area contributed by atoms with E-state index in [0.717, 1.165) is 40.4 Å². The first-order valence-corrected chi connectivity index (χ1v) is 12.8. The van der Waals surface area contributed by atoms with Gasteiger partial charge in [-0.25, -0.2) is 13.9 Å². The van der Waals surface area contributed by atoms with Crippen molar-refractivity contribution in [2.45, 2.75) is 25.9 Å². The van der Waals surface area contributed by atoms with Crippen molar-refractivity contribution in [3.63, 3.8) is 0 Å². The quantitative estimate of drug-likeness (QED) is 0.320. The topological polar surface area (TPSA) is 55.1 Å². The Morgan fingerprint density at radius 3 is 2.50 bits per heavy atom. The smallest absolute Gasteiger partial charge is 0.318 e. The van der Waals surface area contributed by atoms with Gasteiger partial charge in [-0.2, -0.15) is 5.10 Å². The van der Waals surface area contributed by atoms with Crippen molar-refractivity contribution in [2.75, 3.05) is 6.54 Å². The van der Waals surface area contributed by atoms with Crippen LogP contribution in [0.3, 0.4) is 0 Å². The maximum absolute atomic E-state index is 14.5. The molecule has 7 heteroatoms. The van der Waals surface area contributed by atoms with Crippen LogP contribution in [-0.2, 0) is 13.0 Å². The van der Waals surface area contributed by atoms with Gasteiger partial charge in [-0.1, -0.05) is 60.7 Å². The second-order valence-electron chi connectivity index (χ2n) is 9.49. The molecular weight excluding hydrogens is 477 g/mol. The van der Waals surface area contributed by atoms with Gasteiger partial charge < -0.3 is 14.8 Å². The van der Waals surface area contributed by atoms with Crippen LogP contribution in [0.15, 0.2) is 103 Å². The molecule has 3 heterocycles. The average Bonchev–Trinajstić information content (AvgIpc) is 3.50. The van der Waals surface area contributed by atoms with Gasteiger partial charge in [0.2, 0.25) is 0 Å². The number of benzene rings is 3. The Hall–Kier alpha value is -4.65. The number of rotatable bonds is 5. The molecule has 1 aliphatic heterocycles. The first-order chi connectivity index (χ1) is 18.6. The number of aromatic nitrogens is 3.